The highest BCUT2D eigenvalue weighted by molar-refractivity contribution is 6.67. The Morgan fingerprint density at radius 1 is 0.840 bits per heavy atom. The minimum absolute atomic E-state index is 0.132. The molecule has 0 aliphatic heterocycles. The first-order valence-corrected chi connectivity index (χ1v) is 9.51. The van der Waals surface area contributed by atoms with E-state index < -0.39 is 7.59 Å². The lowest BCUT2D eigenvalue weighted by Gasteiger charge is -2.15. The Morgan fingerprint density at radius 3 is 1.80 bits per heavy atom. The minimum Gasteiger partial charge on any atom is -0.494 e. The van der Waals surface area contributed by atoms with E-state index in [1.165, 1.54) is 0 Å². The first-order chi connectivity index (χ1) is 11.6. The summed E-state index contributed by atoms with van der Waals surface area (Å²) in [5, 5.41) is 0. The molecule has 2 aromatic rings. The molecule has 2 rings (SSSR count). The molecular formula is C15H13Cl6N3O. The van der Waals surface area contributed by atoms with Crippen LogP contribution in [0.3, 0.4) is 0 Å². The van der Waals surface area contributed by atoms with Gasteiger partial charge in [0, 0.05) is 5.56 Å². The maximum absolute atomic E-state index is 5.87. The summed E-state index contributed by atoms with van der Waals surface area (Å²) in [5.74, 6) is 0.686. The fourth-order valence-corrected chi connectivity index (χ4v) is 2.30. The Bertz CT molecular complexity index is 680. The van der Waals surface area contributed by atoms with Crippen LogP contribution in [-0.2, 0) is 7.59 Å². The van der Waals surface area contributed by atoms with Crippen LogP contribution in [0.25, 0.3) is 11.4 Å². The van der Waals surface area contributed by atoms with Crippen LogP contribution in [0, 0.1) is 0 Å². The highest BCUT2D eigenvalue weighted by atomic mass is 35.6. The number of aromatic nitrogens is 3. The zero-order chi connectivity index (χ0) is 18.7. The van der Waals surface area contributed by atoms with E-state index in [1.54, 1.807) is 24.3 Å². The molecule has 0 bridgehead atoms. The van der Waals surface area contributed by atoms with Crippen molar-refractivity contribution in [3.63, 3.8) is 0 Å². The topological polar surface area (TPSA) is 47.9 Å². The van der Waals surface area contributed by atoms with Crippen molar-refractivity contribution in [3.05, 3.63) is 35.9 Å². The van der Waals surface area contributed by atoms with Crippen LogP contribution >= 0.6 is 69.6 Å². The Balaban J connectivity index is 2.37. The van der Waals surface area contributed by atoms with Crippen LogP contribution < -0.4 is 4.74 Å². The second-order valence-electron chi connectivity index (χ2n) is 5.03. The highest BCUT2D eigenvalue weighted by Crippen LogP contribution is 2.40. The Labute approximate surface area is 175 Å². The van der Waals surface area contributed by atoms with Gasteiger partial charge in [-0.2, -0.15) is 0 Å². The Hall–Kier alpha value is -0.230. The van der Waals surface area contributed by atoms with Crippen molar-refractivity contribution in [1.29, 1.82) is 0 Å². The molecule has 0 fully saturated rings. The van der Waals surface area contributed by atoms with E-state index in [0.717, 1.165) is 18.6 Å². The van der Waals surface area contributed by atoms with Crippen LogP contribution in [-0.4, -0.2) is 21.6 Å². The van der Waals surface area contributed by atoms with Crippen LogP contribution in [0.15, 0.2) is 24.3 Å². The lowest BCUT2D eigenvalue weighted by molar-refractivity contribution is 0.309. The van der Waals surface area contributed by atoms with Gasteiger partial charge in [-0.15, -0.1) is 0 Å². The molecule has 0 N–H and O–H groups in total. The molecular weight excluding hydrogens is 451 g/mol. The van der Waals surface area contributed by atoms with Gasteiger partial charge in [-0.3, -0.25) is 0 Å². The van der Waals surface area contributed by atoms with Crippen molar-refractivity contribution in [1.82, 2.24) is 15.0 Å². The van der Waals surface area contributed by atoms with Gasteiger partial charge in [0.15, 0.2) is 17.5 Å². The average Bonchev–Trinajstić information content (AvgIpc) is 2.54. The summed E-state index contributed by atoms with van der Waals surface area (Å²) in [5.41, 5.74) is 0.635. The third-order valence-corrected chi connectivity index (χ3v) is 4.04. The number of alkyl halides is 6. The first kappa shape index (κ1) is 21.1. The highest BCUT2D eigenvalue weighted by Gasteiger charge is 2.33. The lowest BCUT2D eigenvalue weighted by Crippen LogP contribution is -2.16. The van der Waals surface area contributed by atoms with Crippen molar-refractivity contribution in [2.75, 3.05) is 6.61 Å². The average molecular weight is 464 g/mol. The predicted octanol–water partition coefficient (Wildman–Crippen LogP) is 6.37. The molecule has 25 heavy (non-hydrogen) atoms. The Morgan fingerprint density at radius 2 is 1.36 bits per heavy atom. The number of rotatable bonds is 5. The lowest BCUT2D eigenvalue weighted by atomic mass is 10.2. The van der Waals surface area contributed by atoms with E-state index in [1.807, 2.05) is 0 Å². The van der Waals surface area contributed by atoms with E-state index in [-0.39, 0.29) is 17.5 Å². The second kappa shape index (κ2) is 8.64. The number of hydrogen-bond donors (Lipinski definition) is 0. The molecule has 0 spiro atoms. The van der Waals surface area contributed by atoms with Gasteiger partial charge in [0.2, 0.25) is 7.59 Å². The molecule has 0 amide bonds. The predicted molar refractivity (Wildman–Crippen MR) is 104 cm³/mol. The molecule has 0 unspecified atom stereocenters. The van der Waals surface area contributed by atoms with Crippen LogP contribution in [0.1, 0.15) is 31.4 Å². The summed E-state index contributed by atoms with van der Waals surface area (Å²) in [6.45, 7) is 2.74. The Kier molecular flexibility index (Phi) is 7.28. The minimum atomic E-state index is -1.88. The van der Waals surface area contributed by atoms with Gasteiger partial charge in [-0.1, -0.05) is 83.0 Å². The SMILES string of the molecule is CCCCOc1ccc(-c2nc(C(Cl)(Cl)Cl)nc(C(Cl)(Cl)Cl)n2)cc1. The maximum atomic E-state index is 5.87. The van der Waals surface area contributed by atoms with Gasteiger partial charge in [0.1, 0.15) is 5.75 Å². The van der Waals surface area contributed by atoms with Gasteiger partial charge in [-0.05, 0) is 30.7 Å². The summed E-state index contributed by atoms with van der Waals surface area (Å²) in [6.07, 6.45) is 2.04. The number of benzene rings is 1. The number of unbranched alkanes of at least 4 members (excludes halogenated alkanes) is 1. The summed E-state index contributed by atoms with van der Waals surface area (Å²) in [6, 6.07) is 7.11. The molecule has 0 aliphatic rings. The molecule has 1 aromatic heterocycles. The number of nitrogens with zero attached hydrogens (tertiary/aromatic N) is 3. The normalized spacial score (nSPS) is 12.3. The third-order valence-electron chi connectivity index (χ3n) is 3.02. The monoisotopic (exact) mass is 461 g/mol. The van der Waals surface area contributed by atoms with Gasteiger partial charge < -0.3 is 4.74 Å². The van der Waals surface area contributed by atoms with Gasteiger partial charge in [0.05, 0.1) is 6.61 Å². The molecule has 4 nitrogen and oxygen atoms in total. The molecule has 136 valence electrons. The van der Waals surface area contributed by atoms with E-state index in [9.17, 15) is 0 Å². The fourth-order valence-electron chi connectivity index (χ4n) is 1.79. The molecule has 0 atom stereocenters. The van der Waals surface area contributed by atoms with Gasteiger partial charge >= 0.3 is 0 Å². The molecule has 0 aliphatic carbocycles. The van der Waals surface area contributed by atoms with Crippen molar-refractivity contribution >= 4 is 69.6 Å². The van der Waals surface area contributed by atoms with Crippen LogP contribution in [0.5, 0.6) is 5.75 Å². The molecule has 0 saturated heterocycles. The van der Waals surface area contributed by atoms with Crippen molar-refractivity contribution in [2.24, 2.45) is 0 Å². The maximum Gasteiger partial charge on any atom is 0.250 e. The van der Waals surface area contributed by atoms with Crippen LogP contribution in [0.4, 0.5) is 0 Å². The molecule has 0 saturated carbocycles. The van der Waals surface area contributed by atoms with Crippen molar-refractivity contribution < 1.29 is 4.74 Å². The standard InChI is InChI=1S/C15H13Cl6N3O/c1-2-3-8-25-10-6-4-9(5-7-10)11-22-12(14(16,17)18)24-13(23-11)15(19,20)21/h4-7H,2-3,8H2,1H3. The smallest absolute Gasteiger partial charge is 0.250 e. The van der Waals surface area contributed by atoms with E-state index in [0.29, 0.717) is 12.2 Å². The summed E-state index contributed by atoms with van der Waals surface area (Å²) in [4.78, 5) is 12.2. The number of ether oxygens (including phenoxy) is 1. The zero-order valence-corrected chi connectivity index (χ0v) is 17.5. The number of hydrogen-bond acceptors (Lipinski definition) is 4. The van der Waals surface area contributed by atoms with E-state index in [2.05, 4.69) is 21.9 Å². The van der Waals surface area contributed by atoms with E-state index >= 15 is 0 Å². The number of halogens is 6. The molecule has 0 radical (unpaired) electrons. The fraction of sp³-hybridized carbons (Fsp3) is 0.400. The molecule has 10 heteroatoms. The van der Waals surface area contributed by atoms with Crippen molar-refractivity contribution in [2.45, 2.75) is 27.4 Å². The summed E-state index contributed by atoms with van der Waals surface area (Å²) < 4.78 is 1.85. The summed E-state index contributed by atoms with van der Waals surface area (Å²) >= 11 is 35.2. The summed E-state index contributed by atoms with van der Waals surface area (Å²) in [7, 11) is 0. The van der Waals surface area contributed by atoms with E-state index in [4.69, 9.17) is 74.3 Å². The second-order valence-corrected chi connectivity index (χ2v) is 9.59. The quantitative estimate of drug-likeness (QED) is 0.381. The molecule has 1 aromatic carbocycles. The zero-order valence-electron chi connectivity index (χ0n) is 12.9. The molecule has 1 heterocycles. The van der Waals surface area contributed by atoms with Crippen LogP contribution in [0.2, 0.25) is 0 Å². The van der Waals surface area contributed by atoms with Crippen molar-refractivity contribution in [3.8, 4) is 17.1 Å². The van der Waals surface area contributed by atoms with Gasteiger partial charge in [-0.25, -0.2) is 15.0 Å². The largest absolute Gasteiger partial charge is 0.494 e. The first-order valence-electron chi connectivity index (χ1n) is 7.25. The van der Waals surface area contributed by atoms with Gasteiger partial charge in [0.25, 0.3) is 0 Å². The third kappa shape index (κ3) is 6.16.